The molecule has 1 amide bonds. The predicted molar refractivity (Wildman–Crippen MR) is 104 cm³/mol. The van der Waals surface area contributed by atoms with Crippen LogP contribution in [0.2, 0.25) is 0 Å². The zero-order chi connectivity index (χ0) is 20.3. The molecule has 2 aromatic rings. The Morgan fingerprint density at radius 2 is 1.96 bits per heavy atom. The summed E-state index contributed by atoms with van der Waals surface area (Å²) in [6, 6.07) is 8.04. The van der Waals surface area contributed by atoms with Gasteiger partial charge >= 0.3 is 5.97 Å². The molecule has 1 aromatic heterocycles. The molecule has 3 rings (SSSR count). The van der Waals surface area contributed by atoms with Gasteiger partial charge in [0.05, 0.1) is 0 Å². The van der Waals surface area contributed by atoms with Crippen molar-refractivity contribution in [3.8, 4) is 0 Å². The second-order valence-corrected chi connectivity index (χ2v) is 7.13. The van der Waals surface area contributed by atoms with Gasteiger partial charge in [-0.2, -0.15) is 0 Å². The Hall–Kier alpha value is -2.96. The maximum absolute atomic E-state index is 12.6. The van der Waals surface area contributed by atoms with E-state index in [4.69, 9.17) is 4.74 Å². The van der Waals surface area contributed by atoms with Gasteiger partial charge in [-0.15, -0.1) is 0 Å². The highest BCUT2D eigenvalue weighted by Gasteiger charge is 2.27. The summed E-state index contributed by atoms with van der Waals surface area (Å²) in [7, 11) is 0. The molecule has 7 nitrogen and oxygen atoms in total. The van der Waals surface area contributed by atoms with Crippen LogP contribution in [0.1, 0.15) is 41.6 Å². The SMILES string of the molecule is Cc1nc(C)c(CCC(=O)O[C@@H](C)C(=O)N2CCc3ccccc3C2)c(=O)[nH]1. The van der Waals surface area contributed by atoms with E-state index in [1.807, 2.05) is 18.2 Å². The van der Waals surface area contributed by atoms with Crippen LogP contribution in [0, 0.1) is 13.8 Å². The van der Waals surface area contributed by atoms with Crippen LogP contribution in [0.3, 0.4) is 0 Å². The highest BCUT2D eigenvalue weighted by atomic mass is 16.5. The first-order valence-corrected chi connectivity index (χ1v) is 9.46. The molecule has 7 heteroatoms. The summed E-state index contributed by atoms with van der Waals surface area (Å²) >= 11 is 0. The largest absolute Gasteiger partial charge is 0.453 e. The smallest absolute Gasteiger partial charge is 0.306 e. The van der Waals surface area contributed by atoms with E-state index in [1.165, 1.54) is 5.56 Å². The highest BCUT2D eigenvalue weighted by Crippen LogP contribution is 2.19. The van der Waals surface area contributed by atoms with E-state index < -0.39 is 12.1 Å². The third-order valence-electron chi connectivity index (χ3n) is 5.02. The number of hydrogen-bond acceptors (Lipinski definition) is 5. The van der Waals surface area contributed by atoms with Crippen LogP contribution in [0.4, 0.5) is 0 Å². The van der Waals surface area contributed by atoms with Crippen LogP contribution in [0.25, 0.3) is 0 Å². The zero-order valence-electron chi connectivity index (χ0n) is 16.4. The molecule has 28 heavy (non-hydrogen) atoms. The molecular weight excluding hydrogens is 358 g/mol. The number of aromatic amines is 1. The van der Waals surface area contributed by atoms with Gasteiger partial charge in [-0.3, -0.25) is 14.4 Å². The summed E-state index contributed by atoms with van der Waals surface area (Å²) < 4.78 is 5.32. The highest BCUT2D eigenvalue weighted by molar-refractivity contribution is 5.83. The van der Waals surface area contributed by atoms with Crippen LogP contribution in [-0.2, 0) is 33.7 Å². The lowest BCUT2D eigenvalue weighted by Crippen LogP contribution is -2.42. The number of carbonyl (C=O) groups excluding carboxylic acids is 2. The van der Waals surface area contributed by atoms with Crippen molar-refractivity contribution in [3.05, 3.63) is 62.8 Å². The summed E-state index contributed by atoms with van der Waals surface area (Å²) in [4.78, 5) is 45.4. The lowest BCUT2D eigenvalue weighted by Gasteiger charge is -2.30. The number of hydrogen-bond donors (Lipinski definition) is 1. The summed E-state index contributed by atoms with van der Waals surface area (Å²) in [5, 5.41) is 0. The van der Waals surface area contributed by atoms with Crippen molar-refractivity contribution in [3.63, 3.8) is 0 Å². The number of aromatic nitrogens is 2. The number of nitrogens with one attached hydrogen (secondary N) is 1. The van der Waals surface area contributed by atoms with E-state index in [9.17, 15) is 14.4 Å². The predicted octanol–water partition coefficient (Wildman–Crippen LogP) is 1.84. The number of rotatable bonds is 5. The average molecular weight is 383 g/mol. The Bertz CT molecular complexity index is 951. The molecule has 0 spiro atoms. The molecule has 0 unspecified atom stereocenters. The van der Waals surface area contributed by atoms with Gasteiger partial charge in [-0.25, -0.2) is 4.98 Å². The maximum atomic E-state index is 12.6. The van der Waals surface area contributed by atoms with E-state index in [1.54, 1.807) is 25.7 Å². The maximum Gasteiger partial charge on any atom is 0.306 e. The van der Waals surface area contributed by atoms with E-state index >= 15 is 0 Å². The minimum atomic E-state index is -0.853. The quantitative estimate of drug-likeness (QED) is 0.796. The first kappa shape index (κ1) is 19.8. The molecule has 0 radical (unpaired) electrons. The van der Waals surface area contributed by atoms with Crippen LogP contribution in [0.15, 0.2) is 29.1 Å². The average Bonchev–Trinajstić information content (AvgIpc) is 2.66. The first-order chi connectivity index (χ1) is 13.3. The molecule has 1 aliphatic rings. The third kappa shape index (κ3) is 4.47. The van der Waals surface area contributed by atoms with Gasteiger partial charge < -0.3 is 14.6 Å². The van der Waals surface area contributed by atoms with Gasteiger partial charge in [0.15, 0.2) is 6.10 Å². The fourth-order valence-electron chi connectivity index (χ4n) is 3.52. The van der Waals surface area contributed by atoms with Crippen molar-refractivity contribution in [2.45, 2.75) is 52.7 Å². The van der Waals surface area contributed by atoms with Gasteiger partial charge in [0.2, 0.25) is 0 Å². The molecule has 148 valence electrons. The van der Waals surface area contributed by atoms with Crippen LogP contribution >= 0.6 is 0 Å². The number of ether oxygens (including phenoxy) is 1. The van der Waals surface area contributed by atoms with E-state index in [0.717, 1.165) is 12.0 Å². The van der Waals surface area contributed by atoms with Crippen molar-refractivity contribution in [1.29, 1.82) is 0 Å². The fraction of sp³-hybridized carbons (Fsp3) is 0.429. The number of carbonyl (C=O) groups is 2. The van der Waals surface area contributed by atoms with E-state index in [-0.39, 0.29) is 24.3 Å². The Labute approximate surface area is 163 Å². The molecule has 1 aliphatic heterocycles. The summed E-state index contributed by atoms with van der Waals surface area (Å²) in [5.74, 6) is -0.164. The molecule has 0 fully saturated rings. The Morgan fingerprint density at radius 3 is 2.68 bits per heavy atom. The molecule has 1 atom stereocenters. The minimum absolute atomic E-state index is 0.0229. The van der Waals surface area contributed by atoms with Gasteiger partial charge in [-0.05, 0) is 44.7 Å². The topological polar surface area (TPSA) is 92.4 Å². The van der Waals surface area contributed by atoms with Crippen molar-refractivity contribution < 1.29 is 14.3 Å². The standard InChI is InChI=1S/C21H25N3O4/c1-13-18(20(26)23-15(3)22-13)8-9-19(25)28-14(2)21(27)24-11-10-16-6-4-5-7-17(16)12-24/h4-7,14H,8-12H2,1-3H3,(H,22,23,26)/t14-/m0/s1. The van der Waals surface area contributed by atoms with Gasteiger partial charge in [0.25, 0.3) is 11.5 Å². The van der Waals surface area contributed by atoms with Crippen molar-refractivity contribution >= 4 is 11.9 Å². The van der Waals surface area contributed by atoms with Crippen molar-refractivity contribution in [1.82, 2.24) is 14.9 Å². The Morgan fingerprint density at radius 1 is 1.25 bits per heavy atom. The minimum Gasteiger partial charge on any atom is -0.453 e. The van der Waals surface area contributed by atoms with Crippen molar-refractivity contribution in [2.75, 3.05) is 6.54 Å². The summed E-state index contributed by atoms with van der Waals surface area (Å²) in [6.07, 6.45) is 0.194. The van der Waals surface area contributed by atoms with Crippen LogP contribution in [0.5, 0.6) is 0 Å². The Kier molecular flexibility index (Phi) is 5.92. The molecule has 1 aromatic carbocycles. The molecule has 0 saturated carbocycles. The molecule has 1 N–H and O–H groups in total. The van der Waals surface area contributed by atoms with Gasteiger partial charge in [0, 0.05) is 30.8 Å². The molecule has 2 heterocycles. The molecule has 0 saturated heterocycles. The number of amides is 1. The van der Waals surface area contributed by atoms with Gasteiger partial charge in [-0.1, -0.05) is 24.3 Å². The number of fused-ring (bicyclic) bond motifs is 1. The van der Waals surface area contributed by atoms with Crippen LogP contribution in [-0.4, -0.2) is 39.4 Å². The number of nitrogens with zero attached hydrogens (tertiary/aromatic N) is 2. The lowest BCUT2D eigenvalue weighted by molar-refractivity contribution is -0.159. The number of esters is 1. The molecule has 0 aliphatic carbocycles. The number of benzene rings is 1. The zero-order valence-corrected chi connectivity index (χ0v) is 16.4. The lowest BCUT2D eigenvalue weighted by atomic mass is 9.99. The third-order valence-corrected chi connectivity index (χ3v) is 5.02. The second kappa shape index (κ2) is 8.37. The number of aryl methyl sites for hydroxylation is 2. The van der Waals surface area contributed by atoms with Crippen LogP contribution < -0.4 is 5.56 Å². The first-order valence-electron chi connectivity index (χ1n) is 9.46. The molecule has 0 bridgehead atoms. The monoisotopic (exact) mass is 383 g/mol. The van der Waals surface area contributed by atoms with Gasteiger partial charge in [0.1, 0.15) is 5.82 Å². The van der Waals surface area contributed by atoms with E-state index in [2.05, 4.69) is 16.0 Å². The second-order valence-electron chi connectivity index (χ2n) is 7.13. The van der Waals surface area contributed by atoms with Crippen molar-refractivity contribution in [2.24, 2.45) is 0 Å². The molecular formula is C21H25N3O4. The number of H-pyrrole nitrogens is 1. The summed E-state index contributed by atoms with van der Waals surface area (Å²) in [6.45, 7) is 6.18. The summed E-state index contributed by atoms with van der Waals surface area (Å²) in [5.41, 5.74) is 3.21. The normalized spacial score (nSPS) is 14.3. The van der Waals surface area contributed by atoms with E-state index in [0.29, 0.717) is 30.2 Å². The fourth-order valence-corrected chi connectivity index (χ4v) is 3.52. The Balaban J connectivity index is 1.54.